The monoisotopic (exact) mass is 487 g/mol. The molecule has 0 saturated carbocycles. The number of nitrogens with one attached hydrogen (secondary N) is 1. The molecule has 7 nitrogen and oxygen atoms in total. The van der Waals surface area contributed by atoms with Gasteiger partial charge in [-0.05, 0) is 62.7 Å². The molecule has 1 aliphatic rings. The molecule has 1 aliphatic heterocycles. The van der Waals surface area contributed by atoms with Crippen molar-refractivity contribution in [1.29, 1.82) is 0 Å². The number of sulfonamides is 1. The Morgan fingerprint density at radius 3 is 2.21 bits per heavy atom. The number of carbonyl (C=O) groups excluding carboxylic acids is 1. The van der Waals surface area contributed by atoms with Gasteiger partial charge in [0.1, 0.15) is 5.75 Å². The molecule has 1 amide bonds. The Bertz CT molecular complexity index is 1000. The highest BCUT2D eigenvalue weighted by Gasteiger charge is 2.32. The van der Waals surface area contributed by atoms with Gasteiger partial charge in [-0.2, -0.15) is 4.31 Å². The molecule has 0 aromatic heterocycles. The Morgan fingerprint density at radius 1 is 1.03 bits per heavy atom. The van der Waals surface area contributed by atoms with Gasteiger partial charge in [-0.15, -0.1) is 0 Å². The third-order valence-electron chi connectivity index (χ3n) is 6.50. The quantitative estimate of drug-likeness (QED) is 0.523. The normalized spacial score (nSPS) is 16.4. The van der Waals surface area contributed by atoms with Gasteiger partial charge in [0.25, 0.3) is 0 Å². The molecule has 1 fully saturated rings. The van der Waals surface area contributed by atoms with Gasteiger partial charge in [0.2, 0.25) is 15.9 Å². The highest BCUT2D eigenvalue weighted by molar-refractivity contribution is 7.89. The van der Waals surface area contributed by atoms with E-state index in [1.54, 1.807) is 24.3 Å². The standard InChI is InChI=1S/C26H37N3O4S/c1-4-28(5-2)25(21-10-8-7-9-11-21)20-27-26(30)22-16-18-29(19-17-22)34(31,32)24-14-12-23(13-15-24)33-6-3/h7-15,22,25H,4-6,16-20H2,1-3H3,(H,27,30)/t25-/m0/s1. The molecule has 2 aromatic carbocycles. The van der Waals surface area contributed by atoms with Crippen LogP contribution >= 0.6 is 0 Å². The summed E-state index contributed by atoms with van der Waals surface area (Å²) in [5.41, 5.74) is 1.18. The number of hydrogen-bond acceptors (Lipinski definition) is 5. The Morgan fingerprint density at radius 2 is 1.65 bits per heavy atom. The second-order valence-electron chi connectivity index (χ2n) is 8.48. The average molecular weight is 488 g/mol. The molecule has 0 spiro atoms. The topological polar surface area (TPSA) is 79.0 Å². The molecular formula is C26H37N3O4S. The third kappa shape index (κ3) is 6.37. The van der Waals surface area contributed by atoms with Crippen molar-refractivity contribution in [2.75, 3.05) is 39.3 Å². The first kappa shape index (κ1) is 26.2. The van der Waals surface area contributed by atoms with Crippen molar-refractivity contribution in [3.8, 4) is 5.75 Å². The predicted octanol–water partition coefficient (Wildman–Crippen LogP) is 3.69. The molecule has 1 N–H and O–H groups in total. The Labute approximate surface area is 204 Å². The van der Waals surface area contributed by atoms with E-state index in [2.05, 4.69) is 36.2 Å². The van der Waals surface area contributed by atoms with E-state index in [1.807, 2.05) is 25.1 Å². The summed E-state index contributed by atoms with van der Waals surface area (Å²) in [6.07, 6.45) is 1.03. The number of likely N-dealkylation sites (N-methyl/N-ethyl adjacent to an activating group) is 1. The number of ether oxygens (including phenoxy) is 1. The molecule has 3 rings (SSSR count). The van der Waals surface area contributed by atoms with Crippen LogP contribution in [0.25, 0.3) is 0 Å². The number of amides is 1. The average Bonchev–Trinajstić information content (AvgIpc) is 2.87. The molecule has 0 bridgehead atoms. The number of carbonyl (C=O) groups is 1. The van der Waals surface area contributed by atoms with E-state index in [9.17, 15) is 13.2 Å². The fourth-order valence-electron chi connectivity index (χ4n) is 4.52. The zero-order chi connectivity index (χ0) is 24.6. The summed E-state index contributed by atoms with van der Waals surface area (Å²) in [7, 11) is -3.58. The molecule has 1 saturated heterocycles. The van der Waals surface area contributed by atoms with E-state index in [0.717, 1.165) is 13.1 Å². The van der Waals surface area contributed by atoms with Crippen LogP contribution in [0.3, 0.4) is 0 Å². The molecule has 8 heteroatoms. The lowest BCUT2D eigenvalue weighted by molar-refractivity contribution is -0.126. The maximum Gasteiger partial charge on any atom is 0.243 e. The number of benzene rings is 2. The number of piperidine rings is 1. The van der Waals surface area contributed by atoms with Crippen LogP contribution in [0.2, 0.25) is 0 Å². The smallest absolute Gasteiger partial charge is 0.243 e. The van der Waals surface area contributed by atoms with Crippen molar-refractivity contribution in [2.24, 2.45) is 5.92 Å². The minimum absolute atomic E-state index is 0.00574. The van der Waals surface area contributed by atoms with Gasteiger partial charge < -0.3 is 10.1 Å². The van der Waals surface area contributed by atoms with Crippen LogP contribution in [0.1, 0.15) is 45.2 Å². The molecule has 1 heterocycles. The Balaban J connectivity index is 1.57. The van der Waals surface area contributed by atoms with E-state index >= 15 is 0 Å². The van der Waals surface area contributed by atoms with Crippen LogP contribution < -0.4 is 10.1 Å². The van der Waals surface area contributed by atoms with Crippen molar-refractivity contribution in [3.05, 3.63) is 60.2 Å². The maximum absolute atomic E-state index is 13.0. The van der Waals surface area contributed by atoms with Crippen LogP contribution in [0.15, 0.2) is 59.5 Å². The number of rotatable bonds is 11. The lowest BCUT2D eigenvalue weighted by Gasteiger charge is -2.33. The first-order valence-corrected chi connectivity index (χ1v) is 13.6. The van der Waals surface area contributed by atoms with Crippen molar-refractivity contribution in [1.82, 2.24) is 14.5 Å². The van der Waals surface area contributed by atoms with Gasteiger partial charge >= 0.3 is 0 Å². The molecular weight excluding hydrogens is 450 g/mol. The summed E-state index contributed by atoms with van der Waals surface area (Å²) in [4.78, 5) is 15.5. The zero-order valence-electron chi connectivity index (χ0n) is 20.4. The van der Waals surface area contributed by atoms with Gasteiger partial charge in [0.15, 0.2) is 0 Å². The van der Waals surface area contributed by atoms with Crippen molar-refractivity contribution in [2.45, 2.75) is 44.6 Å². The van der Waals surface area contributed by atoms with E-state index in [4.69, 9.17) is 4.74 Å². The van der Waals surface area contributed by atoms with Gasteiger partial charge in [0.05, 0.1) is 17.5 Å². The summed E-state index contributed by atoms with van der Waals surface area (Å²) >= 11 is 0. The van der Waals surface area contributed by atoms with E-state index in [1.165, 1.54) is 9.87 Å². The summed E-state index contributed by atoms with van der Waals surface area (Å²) in [6, 6.07) is 16.9. The highest BCUT2D eigenvalue weighted by Crippen LogP contribution is 2.26. The predicted molar refractivity (Wildman–Crippen MR) is 134 cm³/mol. The van der Waals surface area contributed by atoms with E-state index in [0.29, 0.717) is 44.8 Å². The Kier molecular flexibility index (Phi) is 9.50. The van der Waals surface area contributed by atoms with Gasteiger partial charge in [-0.25, -0.2) is 8.42 Å². The molecule has 0 radical (unpaired) electrons. The summed E-state index contributed by atoms with van der Waals surface area (Å²) in [5.74, 6) is 0.474. The van der Waals surface area contributed by atoms with Crippen LogP contribution in [-0.4, -0.2) is 62.9 Å². The lowest BCUT2D eigenvalue weighted by Crippen LogP contribution is -2.45. The SMILES string of the molecule is CCOc1ccc(S(=O)(=O)N2CCC(C(=O)NC[C@@H](c3ccccc3)N(CC)CC)CC2)cc1. The van der Waals surface area contributed by atoms with Gasteiger partial charge in [0, 0.05) is 25.6 Å². The molecule has 0 aliphatic carbocycles. The third-order valence-corrected chi connectivity index (χ3v) is 8.42. The second kappa shape index (κ2) is 12.3. The van der Waals surface area contributed by atoms with Crippen LogP contribution in [0.4, 0.5) is 0 Å². The van der Waals surface area contributed by atoms with Crippen molar-refractivity contribution >= 4 is 15.9 Å². The van der Waals surface area contributed by atoms with Crippen LogP contribution in [-0.2, 0) is 14.8 Å². The largest absolute Gasteiger partial charge is 0.494 e. The number of nitrogens with zero attached hydrogens (tertiary/aromatic N) is 2. The summed E-state index contributed by atoms with van der Waals surface area (Å²) in [5, 5.41) is 3.14. The fourth-order valence-corrected chi connectivity index (χ4v) is 5.99. The summed E-state index contributed by atoms with van der Waals surface area (Å²) < 4.78 is 32.9. The van der Waals surface area contributed by atoms with Crippen LogP contribution in [0, 0.1) is 5.92 Å². The Hall–Kier alpha value is -2.42. The maximum atomic E-state index is 13.0. The second-order valence-corrected chi connectivity index (χ2v) is 10.4. The first-order valence-electron chi connectivity index (χ1n) is 12.2. The molecule has 1 atom stereocenters. The minimum Gasteiger partial charge on any atom is -0.494 e. The van der Waals surface area contributed by atoms with Crippen molar-refractivity contribution in [3.63, 3.8) is 0 Å². The minimum atomic E-state index is -3.58. The highest BCUT2D eigenvalue weighted by atomic mass is 32.2. The molecule has 34 heavy (non-hydrogen) atoms. The summed E-state index contributed by atoms with van der Waals surface area (Å²) in [6.45, 7) is 9.68. The van der Waals surface area contributed by atoms with Gasteiger partial charge in [-0.3, -0.25) is 9.69 Å². The van der Waals surface area contributed by atoms with Gasteiger partial charge in [-0.1, -0.05) is 44.2 Å². The van der Waals surface area contributed by atoms with E-state index < -0.39 is 10.0 Å². The van der Waals surface area contributed by atoms with Crippen molar-refractivity contribution < 1.29 is 17.9 Å². The first-order chi connectivity index (χ1) is 16.4. The molecule has 2 aromatic rings. The lowest BCUT2D eigenvalue weighted by atomic mass is 9.97. The van der Waals surface area contributed by atoms with Crippen LogP contribution in [0.5, 0.6) is 5.75 Å². The van der Waals surface area contributed by atoms with E-state index in [-0.39, 0.29) is 22.8 Å². The fraction of sp³-hybridized carbons (Fsp3) is 0.500. The zero-order valence-corrected chi connectivity index (χ0v) is 21.3. The molecule has 186 valence electrons. The molecule has 0 unspecified atom stereocenters. The number of hydrogen-bond donors (Lipinski definition) is 1.